The SMILES string of the molecule is C[C@@H](OC(=O)OCC(Cl)(Cl)Cl)[C@H]1C(=O)N[C@@H]1C(=O)OC(C)(C)C. The van der Waals surface area contributed by atoms with Gasteiger partial charge in [0.15, 0.2) is 0 Å². The summed E-state index contributed by atoms with van der Waals surface area (Å²) in [5, 5.41) is 2.42. The lowest BCUT2D eigenvalue weighted by molar-refractivity contribution is -0.170. The lowest BCUT2D eigenvalue weighted by Gasteiger charge is -2.38. The van der Waals surface area contributed by atoms with Crippen LogP contribution in [-0.4, -0.2) is 46.2 Å². The lowest BCUT2D eigenvalue weighted by atomic mass is 9.86. The number of carbonyl (C=O) groups excluding carboxylic acids is 3. The molecule has 132 valence electrons. The van der Waals surface area contributed by atoms with Gasteiger partial charge in [-0.05, 0) is 27.7 Å². The fourth-order valence-corrected chi connectivity index (χ4v) is 2.01. The molecule has 0 saturated carbocycles. The number of halogens is 3. The minimum atomic E-state index is -1.77. The molecule has 0 aromatic rings. The van der Waals surface area contributed by atoms with Gasteiger partial charge in [0, 0.05) is 0 Å². The summed E-state index contributed by atoms with van der Waals surface area (Å²) in [5.74, 6) is -1.90. The zero-order valence-electron chi connectivity index (χ0n) is 13.0. The second-order valence-corrected chi connectivity index (χ2v) is 8.54. The van der Waals surface area contributed by atoms with Crippen LogP contribution < -0.4 is 5.32 Å². The Morgan fingerprint density at radius 2 is 1.83 bits per heavy atom. The molecular weight excluding hydrogens is 373 g/mol. The Morgan fingerprint density at radius 3 is 2.26 bits per heavy atom. The molecule has 0 unspecified atom stereocenters. The Labute approximate surface area is 148 Å². The number of ether oxygens (including phenoxy) is 3. The molecule has 0 aliphatic carbocycles. The quantitative estimate of drug-likeness (QED) is 0.450. The molecule has 0 bridgehead atoms. The van der Waals surface area contributed by atoms with E-state index >= 15 is 0 Å². The number of amides is 1. The van der Waals surface area contributed by atoms with Gasteiger partial charge in [0.05, 0.1) is 0 Å². The summed E-state index contributed by atoms with van der Waals surface area (Å²) in [7, 11) is 0. The maximum absolute atomic E-state index is 12.0. The average molecular weight is 391 g/mol. The zero-order chi connectivity index (χ0) is 18.0. The van der Waals surface area contributed by atoms with Gasteiger partial charge in [0.1, 0.15) is 30.3 Å². The topological polar surface area (TPSA) is 90.9 Å². The smallest absolute Gasteiger partial charge is 0.458 e. The van der Waals surface area contributed by atoms with E-state index < -0.39 is 52.1 Å². The van der Waals surface area contributed by atoms with Crippen molar-refractivity contribution in [3.8, 4) is 0 Å². The van der Waals surface area contributed by atoms with E-state index in [1.54, 1.807) is 20.8 Å². The lowest BCUT2D eigenvalue weighted by Crippen LogP contribution is -2.66. The highest BCUT2D eigenvalue weighted by Gasteiger charge is 2.50. The molecule has 1 aliphatic rings. The molecule has 1 amide bonds. The van der Waals surface area contributed by atoms with E-state index in [0.29, 0.717) is 0 Å². The normalized spacial score (nSPS) is 22.5. The molecule has 1 saturated heterocycles. The molecule has 0 aromatic heterocycles. The molecule has 1 aliphatic heterocycles. The Hall–Kier alpha value is -0.920. The number of rotatable bonds is 4. The Bertz CT molecular complexity index is 485. The van der Waals surface area contributed by atoms with Gasteiger partial charge < -0.3 is 19.5 Å². The standard InChI is InChI=1S/C13H18Cl3NO6/c1-6(22-11(20)21-5-13(14,15)16)7-8(17-9(7)18)10(19)23-12(2,3)4/h6-8H,5H2,1-4H3,(H,17,18)/t6-,7-,8+/m1/s1. The van der Waals surface area contributed by atoms with E-state index in [1.807, 2.05) is 0 Å². The number of esters is 1. The highest BCUT2D eigenvalue weighted by Crippen LogP contribution is 2.27. The summed E-state index contributed by atoms with van der Waals surface area (Å²) >= 11 is 16.3. The third kappa shape index (κ3) is 6.61. The summed E-state index contributed by atoms with van der Waals surface area (Å²) in [6, 6.07) is -0.891. The van der Waals surface area contributed by atoms with Crippen molar-refractivity contribution in [1.29, 1.82) is 0 Å². The van der Waals surface area contributed by atoms with Crippen molar-refractivity contribution in [1.82, 2.24) is 5.32 Å². The molecule has 0 spiro atoms. The van der Waals surface area contributed by atoms with Gasteiger partial charge in [0.25, 0.3) is 0 Å². The summed E-state index contributed by atoms with van der Waals surface area (Å²) in [6.07, 6.45) is -2.02. The number of hydrogen-bond acceptors (Lipinski definition) is 6. The summed E-state index contributed by atoms with van der Waals surface area (Å²) in [5.41, 5.74) is -0.699. The highest BCUT2D eigenvalue weighted by molar-refractivity contribution is 6.67. The van der Waals surface area contributed by atoms with Crippen LogP contribution in [0, 0.1) is 5.92 Å². The van der Waals surface area contributed by atoms with Crippen molar-refractivity contribution in [3.63, 3.8) is 0 Å². The second kappa shape index (κ2) is 7.32. The van der Waals surface area contributed by atoms with Crippen LogP contribution in [0.5, 0.6) is 0 Å². The van der Waals surface area contributed by atoms with Crippen LogP contribution in [0.25, 0.3) is 0 Å². The molecule has 10 heteroatoms. The first-order chi connectivity index (χ1) is 10.3. The molecule has 1 N–H and O–H groups in total. The molecule has 0 radical (unpaired) electrons. The van der Waals surface area contributed by atoms with E-state index in [2.05, 4.69) is 10.1 Å². The summed E-state index contributed by atoms with van der Waals surface area (Å²) in [4.78, 5) is 35.1. The van der Waals surface area contributed by atoms with E-state index in [9.17, 15) is 14.4 Å². The fraction of sp³-hybridized carbons (Fsp3) is 0.769. The number of alkyl halides is 3. The van der Waals surface area contributed by atoms with Crippen LogP contribution in [-0.2, 0) is 23.8 Å². The number of hydrogen-bond donors (Lipinski definition) is 1. The largest absolute Gasteiger partial charge is 0.508 e. The summed E-state index contributed by atoms with van der Waals surface area (Å²) < 4.78 is 12.9. The highest BCUT2D eigenvalue weighted by atomic mass is 35.6. The first kappa shape index (κ1) is 20.1. The zero-order valence-corrected chi connectivity index (χ0v) is 15.3. The van der Waals surface area contributed by atoms with Crippen LogP contribution in [0.15, 0.2) is 0 Å². The molecule has 7 nitrogen and oxygen atoms in total. The maximum Gasteiger partial charge on any atom is 0.508 e. The molecular formula is C13H18Cl3NO6. The van der Waals surface area contributed by atoms with E-state index in [0.717, 1.165) is 0 Å². The molecule has 0 aromatic carbocycles. The Kier molecular flexibility index (Phi) is 6.40. The van der Waals surface area contributed by atoms with E-state index in [1.165, 1.54) is 6.92 Å². The van der Waals surface area contributed by atoms with E-state index in [4.69, 9.17) is 44.3 Å². The van der Waals surface area contributed by atoms with Crippen molar-refractivity contribution in [2.24, 2.45) is 5.92 Å². The molecule has 1 heterocycles. The maximum atomic E-state index is 12.0. The van der Waals surface area contributed by atoms with Crippen LogP contribution in [0.3, 0.4) is 0 Å². The van der Waals surface area contributed by atoms with Gasteiger partial charge in [0.2, 0.25) is 9.70 Å². The van der Waals surface area contributed by atoms with E-state index in [-0.39, 0.29) is 0 Å². The van der Waals surface area contributed by atoms with Gasteiger partial charge >= 0.3 is 12.1 Å². The fourth-order valence-electron chi connectivity index (χ4n) is 1.85. The van der Waals surface area contributed by atoms with Crippen LogP contribution in [0.4, 0.5) is 4.79 Å². The number of nitrogens with one attached hydrogen (secondary N) is 1. The monoisotopic (exact) mass is 389 g/mol. The summed E-state index contributed by atoms with van der Waals surface area (Å²) in [6.45, 7) is 6.06. The third-order valence-electron chi connectivity index (χ3n) is 2.76. The molecule has 1 fully saturated rings. The minimum absolute atomic E-state index is 0.428. The van der Waals surface area contributed by atoms with Crippen molar-refractivity contribution in [2.45, 2.75) is 49.2 Å². The van der Waals surface area contributed by atoms with Crippen molar-refractivity contribution in [2.75, 3.05) is 6.61 Å². The first-order valence-corrected chi connectivity index (χ1v) is 7.87. The van der Waals surface area contributed by atoms with Gasteiger partial charge in [-0.1, -0.05) is 34.8 Å². The molecule has 1 rings (SSSR count). The van der Waals surface area contributed by atoms with Gasteiger partial charge in [-0.3, -0.25) is 4.79 Å². The van der Waals surface area contributed by atoms with Crippen LogP contribution in [0.1, 0.15) is 27.7 Å². The predicted molar refractivity (Wildman–Crippen MR) is 83.5 cm³/mol. The average Bonchev–Trinajstić information content (AvgIpc) is 2.29. The van der Waals surface area contributed by atoms with Crippen LogP contribution >= 0.6 is 34.8 Å². The number of carbonyl (C=O) groups is 3. The van der Waals surface area contributed by atoms with Crippen molar-refractivity contribution >= 4 is 52.8 Å². The van der Waals surface area contributed by atoms with Gasteiger partial charge in [-0.15, -0.1) is 0 Å². The van der Waals surface area contributed by atoms with Crippen molar-refractivity contribution in [3.05, 3.63) is 0 Å². The van der Waals surface area contributed by atoms with Gasteiger partial charge in [-0.2, -0.15) is 0 Å². The predicted octanol–water partition coefficient (Wildman–Crippen LogP) is 2.35. The molecule has 23 heavy (non-hydrogen) atoms. The Balaban J connectivity index is 2.57. The third-order valence-corrected chi connectivity index (χ3v) is 3.09. The second-order valence-electron chi connectivity index (χ2n) is 6.02. The number of β-lactam (4-membered cyclic amide) rings is 1. The Morgan fingerprint density at radius 1 is 1.26 bits per heavy atom. The van der Waals surface area contributed by atoms with Gasteiger partial charge in [-0.25, -0.2) is 9.59 Å². The van der Waals surface area contributed by atoms with Crippen molar-refractivity contribution < 1.29 is 28.6 Å². The first-order valence-electron chi connectivity index (χ1n) is 6.73. The van der Waals surface area contributed by atoms with Crippen LogP contribution in [0.2, 0.25) is 0 Å². The molecule has 3 atom stereocenters. The minimum Gasteiger partial charge on any atom is -0.458 e.